The van der Waals surface area contributed by atoms with Crippen molar-refractivity contribution in [3.8, 4) is 0 Å². The zero-order valence-corrected chi connectivity index (χ0v) is 15.0. The molecule has 0 unspecified atom stereocenters. The summed E-state index contributed by atoms with van der Waals surface area (Å²) in [5.74, 6) is -0.929. The number of hydrogen-bond acceptors (Lipinski definition) is 5. The number of carbonyl (C=O) groups excluding carboxylic acids is 2. The van der Waals surface area contributed by atoms with E-state index in [9.17, 15) is 9.59 Å². The fourth-order valence-corrected chi connectivity index (χ4v) is 3.32. The summed E-state index contributed by atoms with van der Waals surface area (Å²) in [6, 6.07) is 11.0. The SMILES string of the molecule is Cc1[nH]c2ccccc2c1C(=O)C(=O)Nc1ccc(N2CCOCC2)cn1. The molecule has 1 aliphatic heterocycles. The number of nitrogens with one attached hydrogen (secondary N) is 2. The van der Waals surface area contributed by atoms with E-state index in [0.29, 0.717) is 30.3 Å². The lowest BCUT2D eigenvalue weighted by atomic mass is 10.1. The number of rotatable bonds is 4. The number of H-pyrrole nitrogens is 1. The van der Waals surface area contributed by atoms with E-state index in [1.165, 1.54) is 0 Å². The molecule has 7 heteroatoms. The zero-order valence-electron chi connectivity index (χ0n) is 15.0. The number of pyridine rings is 1. The normalized spacial score (nSPS) is 14.3. The molecule has 0 atom stereocenters. The van der Waals surface area contributed by atoms with Gasteiger partial charge in [0, 0.05) is 29.7 Å². The summed E-state index contributed by atoms with van der Waals surface area (Å²) in [5.41, 5.74) is 2.87. The molecule has 2 aromatic heterocycles. The Balaban J connectivity index is 1.50. The Kier molecular flexibility index (Phi) is 4.60. The average molecular weight is 364 g/mol. The van der Waals surface area contributed by atoms with Crippen molar-refractivity contribution in [2.24, 2.45) is 0 Å². The Bertz CT molecular complexity index is 988. The van der Waals surface area contributed by atoms with E-state index in [4.69, 9.17) is 4.74 Å². The van der Waals surface area contributed by atoms with E-state index in [1.807, 2.05) is 30.3 Å². The van der Waals surface area contributed by atoms with Crippen LogP contribution in [0, 0.1) is 6.92 Å². The van der Waals surface area contributed by atoms with Crippen molar-refractivity contribution in [2.75, 3.05) is 36.5 Å². The molecule has 1 amide bonds. The number of carbonyl (C=O) groups is 2. The molecule has 27 heavy (non-hydrogen) atoms. The molecule has 0 bridgehead atoms. The van der Waals surface area contributed by atoms with Crippen LogP contribution in [0.2, 0.25) is 0 Å². The Morgan fingerprint density at radius 3 is 2.67 bits per heavy atom. The molecule has 1 aliphatic rings. The fourth-order valence-electron chi connectivity index (χ4n) is 3.32. The Labute approximate surface area is 156 Å². The van der Waals surface area contributed by atoms with Crippen LogP contribution >= 0.6 is 0 Å². The number of ketones is 1. The van der Waals surface area contributed by atoms with Crippen molar-refractivity contribution in [1.82, 2.24) is 9.97 Å². The highest BCUT2D eigenvalue weighted by atomic mass is 16.5. The number of hydrogen-bond donors (Lipinski definition) is 2. The first-order valence-electron chi connectivity index (χ1n) is 8.85. The highest BCUT2D eigenvalue weighted by Crippen LogP contribution is 2.23. The van der Waals surface area contributed by atoms with Gasteiger partial charge >= 0.3 is 0 Å². The summed E-state index contributed by atoms with van der Waals surface area (Å²) in [7, 11) is 0. The predicted molar refractivity (Wildman–Crippen MR) is 103 cm³/mol. The van der Waals surface area contributed by atoms with Crippen LogP contribution in [0.5, 0.6) is 0 Å². The van der Waals surface area contributed by atoms with Gasteiger partial charge < -0.3 is 19.9 Å². The number of fused-ring (bicyclic) bond motifs is 1. The van der Waals surface area contributed by atoms with Crippen LogP contribution < -0.4 is 10.2 Å². The highest BCUT2D eigenvalue weighted by Gasteiger charge is 2.23. The molecule has 0 aliphatic carbocycles. The maximum atomic E-state index is 12.7. The van der Waals surface area contributed by atoms with Gasteiger partial charge in [-0.2, -0.15) is 0 Å². The second-order valence-electron chi connectivity index (χ2n) is 6.45. The van der Waals surface area contributed by atoms with Crippen LogP contribution in [0.3, 0.4) is 0 Å². The lowest BCUT2D eigenvalue weighted by Crippen LogP contribution is -2.36. The van der Waals surface area contributed by atoms with E-state index >= 15 is 0 Å². The third-order valence-electron chi connectivity index (χ3n) is 4.69. The van der Waals surface area contributed by atoms with Crippen molar-refractivity contribution in [1.29, 1.82) is 0 Å². The molecule has 3 heterocycles. The number of aromatic amines is 1. The molecule has 2 N–H and O–H groups in total. The van der Waals surface area contributed by atoms with Crippen LogP contribution in [0.15, 0.2) is 42.6 Å². The second-order valence-corrected chi connectivity index (χ2v) is 6.45. The van der Waals surface area contributed by atoms with Gasteiger partial charge in [-0.3, -0.25) is 9.59 Å². The standard InChI is InChI=1S/C20H20N4O3/c1-13-18(15-4-2-3-5-16(15)22-13)19(25)20(26)23-17-7-6-14(12-21-17)24-8-10-27-11-9-24/h2-7,12,22H,8-11H2,1H3,(H,21,23,26). The van der Waals surface area contributed by atoms with Crippen LogP contribution in [-0.2, 0) is 9.53 Å². The van der Waals surface area contributed by atoms with Crippen molar-refractivity contribution in [3.63, 3.8) is 0 Å². The maximum Gasteiger partial charge on any atom is 0.298 e. The van der Waals surface area contributed by atoms with Gasteiger partial charge in [-0.1, -0.05) is 18.2 Å². The van der Waals surface area contributed by atoms with Crippen molar-refractivity contribution < 1.29 is 14.3 Å². The first-order valence-corrected chi connectivity index (χ1v) is 8.85. The lowest BCUT2D eigenvalue weighted by Gasteiger charge is -2.28. The lowest BCUT2D eigenvalue weighted by molar-refractivity contribution is -0.112. The second kappa shape index (κ2) is 7.20. The number of amides is 1. The number of ether oxygens (including phenoxy) is 1. The Hall–Kier alpha value is -3.19. The Morgan fingerprint density at radius 2 is 1.93 bits per heavy atom. The fraction of sp³-hybridized carbons (Fsp3) is 0.250. The Morgan fingerprint density at radius 1 is 1.15 bits per heavy atom. The predicted octanol–water partition coefficient (Wildman–Crippen LogP) is 2.53. The number of anilines is 2. The van der Waals surface area contributed by atoms with E-state index in [1.54, 1.807) is 19.2 Å². The number of Topliss-reactive ketones (excluding diaryl/α,β-unsaturated/α-hetero) is 1. The van der Waals surface area contributed by atoms with Crippen LogP contribution in [-0.4, -0.2) is 48.0 Å². The minimum Gasteiger partial charge on any atom is -0.378 e. The molecule has 1 aromatic carbocycles. The average Bonchev–Trinajstić information content (AvgIpc) is 3.04. The van der Waals surface area contributed by atoms with Gasteiger partial charge in [-0.15, -0.1) is 0 Å². The van der Waals surface area contributed by atoms with E-state index in [-0.39, 0.29) is 0 Å². The number of morpholine rings is 1. The van der Waals surface area contributed by atoms with Gasteiger partial charge in [0.1, 0.15) is 5.82 Å². The molecule has 0 saturated carbocycles. The summed E-state index contributed by atoms with van der Waals surface area (Å²) in [4.78, 5) is 34.7. The minimum absolute atomic E-state index is 0.350. The zero-order chi connectivity index (χ0) is 18.8. The van der Waals surface area contributed by atoms with E-state index in [2.05, 4.69) is 20.2 Å². The first kappa shape index (κ1) is 17.2. The molecule has 1 saturated heterocycles. The molecule has 138 valence electrons. The van der Waals surface area contributed by atoms with E-state index < -0.39 is 11.7 Å². The summed E-state index contributed by atoms with van der Waals surface area (Å²) in [6.07, 6.45) is 1.70. The smallest absolute Gasteiger partial charge is 0.298 e. The largest absolute Gasteiger partial charge is 0.378 e. The molecular formula is C20H20N4O3. The molecule has 1 fully saturated rings. The van der Waals surface area contributed by atoms with Gasteiger partial charge in [-0.25, -0.2) is 4.98 Å². The number of aromatic nitrogens is 2. The van der Waals surface area contributed by atoms with E-state index in [0.717, 1.165) is 29.7 Å². The topological polar surface area (TPSA) is 87.3 Å². The highest BCUT2D eigenvalue weighted by molar-refractivity contribution is 6.48. The van der Waals surface area contributed by atoms with Crippen molar-refractivity contribution in [3.05, 3.63) is 53.9 Å². The van der Waals surface area contributed by atoms with Gasteiger partial charge in [0.25, 0.3) is 11.7 Å². The summed E-state index contributed by atoms with van der Waals surface area (Å²) in [5, 5.41) is 3.34. The van der Waals surface area contributed by atoms with Crippen LogP contribution in [0.25, 0.3) is 10.9 Å². The summed E-state index contributed by atoms with van der Waals surface area (Å²) in [6.45, 7) is 4.79. The monoisotopic (exact) mass is 364 g/mol. The first-order chi connectivity index (χ1) is 13.1. The third kappa shape index (κ3) is 3.41. The molecule has 0 radical (unpaired) electrons. The molecule has 0 spiro atoms. The maximum absolute atomic E-state index is 12.7. The minimum atomic E-state index is -0.700. The molecule has 7 nitrogen and oxygen atoms in total. The van der Waals surface area contributed by atoms with Crippen molar-refractivity contribution >= 4 is 34.1 Å². The van der Waals surface area contributed by atoms with Gasteiger partial charge in [-0.05, 0) is 25.1 Å². The van der Waals surface area contributed by atoms with Crippen LogP contribution in [0.4, 0.5) is 11.5 Å². The van der Waals surface area contributed by atoms with Crippen LogP contribution in [0.1, 0.15) is 16.1 Å². The van der Waals surface area contributed by atoms with Crippen molar-refractivity contribution in [2.45, 2.75) is 6.92 Å². The summed E-state index contributed by atoms with van der Waals surface area (Å²) >= 11 is 0. The molecule has 3 aromatic rings. The quantitative estimate of drug-likeness (QED) is 0.549. The summed E-state index contributed by atoms with van der Waals surface area (Å²) < 4.78 is 5.34. The third-order valence-corrected chi connectivity index (χ3v) is 4.69. The number of benzene rings is 1. The van der Waals surface area contributed by atoms with Gasteiger partial charge in [0.2, 0.25) is 0 Å². The van der Waals surface area contributed by atoms with Gasteiger partial charge in [0.15, 0.2) is 0 Å². The number of para-hydroxylation sites is 1. The van der Waals surface area contributed by atoms with Gasteiger partial charge in [0.05, 0.1) is 30.7 Å². The molecule has 4 rings (SSSR count). The number of aryl methyl sites for hydroxylation is 1. The number of nitrogens with zero attached hydrogens (tertiary/aromatic N) is 2. The molecular weight excluding hydrogens is 344 g/mol.